The summed E-state index contributed by atoms with van der Waals surface area (Å²) in [5, 5.41) is 9.93. The summed E-state index contributed by atoms with van der Waals surface area (Å²) < 4.78 is 23.1. The number of rotatable bonds is 3. The van der Waals surface area contributed by atoms with Gasteiger partial charge in [-0.05, 0) is 18.2 Å². The Bertz CT molecular complexity index is 460. The molecule has 5 nitrogen and oxygen atoms in total. The number of anilines is 1. The van der Waals surface area contributed by atoms with Gasteiger partial charge in [-0.2, -0.15) is 0 Å². The van der Waals surface area contributed by atoms with Crippen LogP contribution in [-0.4, -0.2) is 44.5 Å². The van der Waals surface area contributed by atoms with Crippen LogP contribution >= 0.6 is 0 Å². The Morgan fingerprint density at radius 2 is 2.16 bits per heavy atom. The van der Waals surface area contributed by atoms with Gasteiger partial charge in [0.25, 0.3) is 0 Å². The molecule has 1 unspecified atom stereocenters. The number of aliphatic hydroxyl groups is 1. The lowest BCUT2D eigenvalue weighted by Gasteiger charge is -2.31. The number of carbonyl (C=O) groups excluding carboxylic acids is 1. The molecule has 1 N–H and O–H groups in total. The van der Waals surface area contributed by atoms with Gasteiger partial charge in [0.15, 0.2) is 6.10 Å². The van der Waals surface area contributed by atoms with E-state index in [9.17, 15) is 14.3 Å². The predicted molar refractivity (Wildman–Crippen MR) is 66.4 cm³/mol. The van der Waals surface area contributed by atoms with Gasteiger partial charge >= 0.3 is 5.97 Å². The first-order chi connectivity index (χ1) is 9.13. The fraction of sp³-hybridized carbons (Fsp3) is 0.462. The van der Waals surface area contributed by atoms with Crippen LogP contribution < -0.4 is 4.90 Å². The molecule has 104 valence electrons. The second kappa shape index (κ2) is 5.99. The molecule has 0 saturated carbocycles. The molecule has 1 aliphatic rings. The highest BCUT2D eigenvalue weighted by molar-refractivity contribution is 5.79. The van der Waals surface area contributed by atoms with E-state index in [-0.39, 0.29) is 5.56 Å². The van der Waals surface area contributed by atoms with Gasteiger partial charge in [-0.25, -0.2) is 9.18 Å². The molecule has 0 spiro atoms. The van der Waals surface area contributed by atoms with Crippen molar-refractivity contribution >= 4 is 11.7 Å². The lowest BCUT2D eigenvalue weighted by atomic mass is 10.1. The van der Waals surface area contributed by atoms with Crippen molar-refractivity contribution < 1.29 is 23.8 Å². The van der Waals surface area contributed by atoms with Crippen LogP contribution in [0.15, 0.2) is 18.2 Å². The average molecular weight is 269 g/mol. The molecule has 0 aliphatic carbocycles. The third-order valence-corrected chi connectivity index (χ3v) is 3.06. The van der Waals surface area contributed by atoms with Crippen LogP contribution in [0.2, 0.25) is 0 Å². The Kier molecular flexibility index (Phi) is 4.34. The Labute approximate surface area is 110 Å². The molecule has 1 atom stereocenters. The number of benzene rings is 1. The normalized spacial score (nSPS) is 17.1. The van der Waals surface area contributed by atoms with Crippen molar-refractivity contribution in [1.82, 2.24) is 0 Å². The number of hydrogen-bond donors (Lipinski definition) is 1. The Morgan fingerprint density at radius 1 is 1.47 bits per heavy atom. The first-order valence-corrected chi connectivity index (χ1v) is 6.01. The second-order valence-corrected chi connectivity index (χ2v) is 4.23. The van der Waals surface area contributed by atoms with Crippen LogP contribution in [0.1, 0.15) is 11.7 Å². The first-order valence-electron chi connectivity index (χ1n) is 6.01. The van der Waals surface area contributed by atoms with Crippen molar-refractivity contribution in [3.63, 3.8) is 0 Å². The highest BCUT2D eigenvalue weighted by atomic mass is 19.1. The average Bonchev–Trinajstić information content (AvgIpc) is 2.46. The van der Waals surface area contributed by atoms with Gasteiger partial charge in [0.05, 0.1) is 20.3 Å². The predicted octanol–water partition coefficient (Wildman–Crippen LogP) is 0.869. The molecule has 19 heavy (non-hydrogen) atoms. The molecule has 0 radical (unpaired) electrons. The van der Waals surface area contributed by atoms with Gasteiger partial charge < -0.3 is 19.5 Å². The fourth-order valence-corrected chi connectivity index (χ4v) is 2.08. The maximum atomic E-state index is 13.3. The van der Waals surface area contributed by atoms with Crippen molar-refractivity contribution in [3.05, 3.63) is 29.6 Å². The maximum absolute atomic E-state index is 13.3. The first kappa shape index (κ1) is 13.8. The molecular formula is C13H16FNO4. The van der Waals surface area contributed by atoms with Crippen molar-refractivity contribution in [1.29, 1.82) is 0 Å². The van der Waals surface area contributed by atoms with E-state index in [1.807, 2.05) is 4.90 Å². The van der Waals surface area contributed by atoms with Crippen LogP contribution in [0.3, 0.4) is 0 Å². The zero-order valence-corrected chi connectivity index (χ0v) is 10.6. The summed E-state index contributed by atoms with van der Waals surface area (Å²) in [6.07, 6.45) is -1.49. The molecule has 1 aromatic rings. The molecule has 6 heteroatoms. The maximum Gasteiger partial charge on any atom is 0.339 e. The zero-order valence-electron chi connectivity index (χ0n) is 10.6. The zero-order chi connectivity index (χ0) is 13.8. The Hall–Kier alpha value is -1.66. The van der Waals surface area contributed by atoms with Crippen molar-refractivity contribution in [3.8, 4) is 0 Å². The molecule has 1 aromatic carbocycles. The second-order valence-electron chi connectivity index (χ2n) is 4.23. The highest BCUT2D eigenvalue weighted by Gasteiger charge is 2.25. The van der Waals surface area contributed by atoms with E-state index in [1.165, 1.54) is 13.2 Å². The smallest absolute Gasteiger partial charge is 0.339 e. The quantitative estimate of drug-likeness (QED) is 0.825. The van der Waals surface area contributed by atoms with Gasteiger partial charge in [-0.15, -0.1) is 0 Å². The molecular weight excluding hydrogens is 253 g/mol. The number of esters is 1. The standard InChI is InChI=1S/C13H16FNO4/c1-18-13(17)12(16)10-8-9(14)2-3-11(10)15-4-6-19-7-5-15/h2-3,8,12,16H,4-7H2,1H3. The molecule has 0 bridgehead atoms. The molecule has 1 aliphatic heterocycles. The SMILES string of the molecule is COC(=O)C(O)c1cc(F)ccc1N1CCOCC1. The van der Waals surface area contributed by atoms with Crippen molar-refractivity contribution in [2.45, 2.75) is 6.10 Å². The molecule has 0 amide bonds. The summed E-state index contributed by atoms with van der Waals surface area (Å²) in [5.74, 6) is -1.31. The van der Waals surface area contributed by atoms with Gasteiger partial charge in [-0.1, -0.05) is 0 Å². The number of morpholine rings is 1. The largest absolute Gasteiger partial charge is 0.467 e. The number of aliphatic hydroxyl groups excluding tert-OH is 1. The van der Waals surface area contributed by atoms with Gasteiger partial charge in [0.2, 0.25) is 0 Å². The van der Waals surface area contributed by atoms with E-state index in [0.29, 0.717) is 32.0 Å². The van der Waals surface area contributed by atoms with Gasteiger partial charge in [0.1, 0.15) is 5.82 Å². The van der Waals surface area contributed by atoms with E-state index in [0.717, 1.165) is 6.07 Å². The summed E-state index contributed by atoms with van der Waals surface area (Å²) in [6, 6.07) is 4.02. The van der Waals surface area contributed by atoms with Crippen LogP contribution in [0.4, 0.5) is 10.1 Å². The summed E-state index contributed by atoms with van der Waals surface area (Å²) in [4.78, 5) is 13.4. The van der Waals surface area contributed by atoms with E-state index in [1.54, 1.807) is 6.07 Å². The topological polar surface area (TPSA) is 59.0 Å². The Balaban J connectivity index is 2.34. The Morgan fingerprint density at radius 3 is 2.79 bits per heavy atom. The van der Waals surface area contributed by atoms with Crippen molar-refractivity contribution in [2.75, 3.05) is 38.3 Å². The van der Waals surface area contributed by atoms with E-state index >= 15 is 0 Å². The van der Waals surface area contributed by atoms with Crippen LogP contribution in [0.5, 0.6) is 0 Å². The minimum absolute atomic E-state index is 0.216. The number of ether oxygens (including phenoxy) is 2. The fourth-order valence-electron chi connectivity index (χ4n) is 2.08. The molecule has 1 fully saturated rings. The third kappa shape index (κ3) is 3.02. The monoisotopic (exact) mass is 269 g/mol. The summed E-state index contributed by atoms with van der Waals surface area (Å²) in [5.41, 5.74) is 0.844. The van der Waals surface area contributed by atoms with Gasteiger partial charge in [0, 0.05) is 24.3 Å². The van der Waals surface area contributed by atoms with Crippen molar-refractivity contribution in [2.24, 2.45) is 0 Å². The van der Waals surface area contributed by atoms with Crippen LogP contribution in [-0.2, 0) is 14.3 Å². The minimum Gasteiger partial charge on any atom is -0.467 e. The number of halogens is 1. The summed E-state index contributed by atoms with van der Waals surface area (Å²) in [6.45, 7) is 2.38. The highest BCUT2D eigenvalue weighted by Crippen LogP contribution is 2.28. The lowest BCUT2D eigenvalue weighted by Crippen LogP contribution is -2.37. The van der Waals surface area contributed by atoms with E-state index in [2.05, 4.69) is 4.74 Å². The lowest BCUT2D eigenvalue weighted by molar-refractivity contribution is -0.150. The molecule has 1 heterocycles. The summed E-state index contributed by atoms with van der Waals surface area (Å²) >= 11 is 0. The minimum atomic E-state index is -1.49. The summed E-state index contributed by atoms with van der Waals surface area (Å²) in [7, 11) is 1.18. The third-order valence-electron chi connectivity index (χ3n) is 3.06. The molecule has 1 saturated heterocycles. The number of carbonyl (C=O) groups is 1. The molecule has 0 aromatic heterocycles. The van der Waals surface area contributed by atoms with E-state index < -0.39 is 17.9 Å². The van der Waals surface area contributed by atoms with Crippen LogP contribution in [0, 0.1) is 5.82 Å². The van der Waals surface area contributed by atoms with E-state index in [4.69, 9.17) is 4.74 Å². The molecule has 2 rings (SSSR count). The van der Waals surface area contributed by atoms with Crippen LogP contribution in [0.25, 0.3) is 0 Å². The number of methoxy groups -OCH3 is 1. The number of hydrogen-bond acceptors (Lipinski definition) is 5. The van der Waals surface area contributed by atoms with Gasteiger partial charge in [-0.3, -0.25) is 0 Å². The number of nitrogens with zero attached hydrogens (tertiary/aromatic N) is 1.